The summed E-state index contributed by atoms with van der Waals surface area (Å²) in [6.07, 6.45) is 0. The lowest BCUT2D eigenvalue weighted by Gasteiger charge is -2.22. The molecular weight excluding hydrogens is 234 g/mol. The molecule has 0 aliphatic carbocycles. The maximum atomic E-state index is 12.2. The van der Waals surface area contributed by atoms with Gasteiger partial charge in [-0.1, -0.05) is 30.3 Å². The van der Waals surface area contributed by atoms with Crippen molar-refractivity contribution in [1.29, 1.82) is 0 Å². The van der Waals surface area contributed by atoms with Gasteiger partial charge >= 0.3 is 5.97 Å². The summed E-state index contributed by atoms with van der Waals surface area (Å²) in [6.45, 7) is 2.72. The number of esters is 1. The molecule has 0 spiro atoms. The van der Waals surface area contributed by atoms with Gasteiger partial charge in [-0.05, 0) is 13.8 Å². The van der Waals surface area contributed by atoms with Crippen molar-refractivity contribution in [2.45, 2.75) is 19.4 Å². The van der Waals surface area contributed by atoms with E-state index in [1.807, 2.05) is 0 Å². The second-order valence-electron chi connectivity index (χ2n) is 3.78. The number of Topliss-reactive ketones (excluding diaryl/α,β-unsaturated/α-hetero) is 2. The fourth-order valence-corrected chi connectivity index (χ4v) is 1.46. The van der Waals surface area contributed by atoms with Crippen LogP contribution in [0.2, 0.25) is 0 Å². The Labute approximate surface area is 105 Å². The van der Waals surface area contributed by atoms with Gasteiger partial charge in [0.25, 0.3) is 0 Å². The summed E-state index contributed by atoms with van der Waals surface area (Å²) in [4.78, 5) is 35.5. The van der Waals surface area contributed by atoms with E-state index in [1.54, 1.807) is 25.1 Å². The Morgan fingerprint density at radius 2 is 1.78 bits per heavy atom. The van der Waals surface area contributed by atoms with Crippen LogP contribution in [-0.4, -0.2) is 29.7 Å². The molecule has 5 nitrogen and oxygen atoms in total. The van der Waals surface area contributed by atoms with Crippen molar-refractivity contribution in [3.8, 4) is 0 Å². The Hall–Kier alpha value is -2.01. The summed E-state index contributed by atoms with van der Waals surface area (Å²) in [5.41, 5.74) is 3.60. The van der Waals surface area contributed by atoms with Crippen LogP contribution in [-0.2, 0) is 14.3 Å². The van der Waals surface area contributed by atoms with Crippen molar-refractivity contribution in [3.63, 3.8) is 0 Å². The van der Waals surface area contributed by atoms with E-state index in [2.05, 4.69) is 0 Å². The van der Waals surface area contributed by atoms with Gasteiger partial charge in [-0.15, -0.1) is 0 Å². The zero-order valence-electron chi connectivity index (χ0n) is 10.3. The maximum Gasteiger partial charge on any atom is 0.342 e. The van der Waals surface area contributed by atoms with Crippen molar-refractivity contribution in [2.24, 2.45) is 5.73 Å². The zero-order valence-corrected chi connectivity index (χ0v) is 10.3. The minimum Gasteiger partial charge on any atom is -0.464 e. The fourth-order valence-electron chi connectivity index (χ4n) is 1.46. The first-order valence-electron chi connectivity index (χ1n) is 5.51. The van der Waals surface area contributed by atoms with Crippen LogP contribution < -0.4 is 5.73 Å². The van der Waals surface area contributed by atoms with Gasteiger partial charge in [-0.25, -0.2) is 4.79 Å². The van der Waals surface area contributed by atoms with Gasteiger partial charge in [0.15, 0.2) is 5.78 Å². The average molecular weight is 249 g/mol. The quantitative estimate of drug-likeness (QED) is 0.472. The van der Waals surface area contributed by atoms with E-state index >= 15 is 0 Å². The van der Waals surface area contributed by atoms with E-state index in [9.17, 15) is 14.4 Å². The van der Waals surface area contributed by atoms with Gasteiger partial charge in [0, 0.05) is 5.56 Å². The molecular formula is C13H15NO4. The Morgan fingerprint density at radius 1 is 1.22 bits per heavy atom. The molecule has 0 heterocycles. The third-order valence-electron chi connectivity index (χ3n) is 2.55. The number of nitrogens with two attached hydrogens (primary N) is 1. The Kier molecular flexibility index (Phi) is 4.33. The van der Waals surface area contributed by atoms with E-state index < -0.39 is 23.1 Å². The SMILES string of the molecule is CCOC(=O)C(N)(C(C)=O)C(=O)c1ccccc1. The standard InChI is InChI=1S/C13H15NO4/c1-3-18-12(17)13(14,9(2)15)11(16)10-7-5-4-6-8-10/h4-8H,3,14H2,1-2H3. The molecule has 1 aromatic rings. The largest absolute Gasteiger partial charge is 0.464 e. The third kappa shape index (κ3) is 2.46. The van der Waals surface area contributed by atoms with Gasteiger partial charge in [0.05, 0.1) is 6.61 Å². The number of ether oxygens (including phenoxy) is 1. The third-order valence-corrected chi connectivity index (χ3v) is 2.55. The highest BCUT2D eigenvalue weighted by Crippen LogP contribution is 2.14. The molecule has 18 heavy (non-hydrogen) atoms. The number of benzene rings is 1. The van der Waals surface area contributed by atoms with Crippen LogP contribution in [0.5, 0.6) is 0 Å². The monoisotopic (exact) mass is 249 g/mol. The molecule has 96 valence electrons. The first kappa shape index (κ1) is 14.1. The highest BCUT2D eigenvalue weighted by molar-refractivity contribution is 6.31. The lowest BCUT2D eigenvalue weighted by Crippen LogP contribution is -2.60. The van der Waals surface area contributed by atoms with Gasteiger partial charge in [0.1, 0.15) is 0 Å². The highest BCUT2D eigenvalue weighted by atomic mass is 16.5. The molecule has 0 fully saturated rings. The summed E-state index contributed by atoms with van der Waals surface area (Å²) >= 11 is 0. The molecule has 5 heteroatoms. The second kappa shape index (κ2) is 5.55. The Morgan fingerprint density at radius 3 is 2.22 bits per heavy atom. The normalized spacial score (nSPS) is 13.5. The number of rotatable bonds is 5. The van der Waals surface area contributed by atoms with Crippen LogP contribution in [0.25, 0.3) is 0 Å². The lowest BCUT2D eigenvalue weighted by molar-refractivity contribution is -0.150. The number of carbonyl (C=O) groups is 3. The predicted octanol–water partition coefficient (Wildman–Crippen LogP) is 0.719. The molecule has 2 N–H and O–H groups in total. The zero-order chi connectivity index (χ0) is 13.8. The lowest BCUT2D eigenvalue weighted by atomic mass is 9.87. The van der Waals surface area contributed by atoms with Crippen LogP contribution in [0.4, 0.5) is 0 Å². The first-order chi connectivity index (χ1) is 8.44. The molecule has 0 amide bonds. The molecule has 0 aromatic heterocycles. The second-order valence-corrected chi connectivity index (χ2v) is 3.78. The summed E-state index contributed by atoms with van der Waals surface area (Å²) in [7, 11) is 0. The van der Waals surface area contributed by atoms with Crippen molar-refractivity contribution >= 4 is 17.5 Å². The fraction of sp³-hybridized carbons (Fsp3) is 0.308. The number of hydrogen-bond donors (Lipinski definition) is 1. The van der Waals surface area contributed by atoms with Crippen LogP contribution in [0.3, 0.4) is 0 Å². The van der Waals surface area contributed by atoms with E-state index in [-0.39, 0.29) is 12.2 Å². The Balaban J connectivity index is 3.17. The summed E-state index contributed by atoms with van der Waals surface area (Å²) in [5.74, 6) is -2.52. The molecule has 1 unspecified atom stereocenters. The molecule has 1 rings (SSSR count). The van der Waals surface area contributed by atoms with Gasteiger partial charge in [-0.3, -0.25) is 9.59 Å². The van der Waals surface area contributed by atoms with Crippen LogP contribution in [0.15, 0.2) is 30.3 Å². The average Bonchev–Trinajstić information content (AvgIpc) is 2.37. The van der Waals surface area contributed by atoms with Crippen LogP contribution >= 0.6 is 0 Å². The van der Waals surface area contributed by atoms with Gasteiger partial charge in [0.2, 0.25) is 11.3 Å². The minimum absolute atomic E-state index is 0.0487. The summed E-state index contributed by atoms with van der Waals surface area (Å²) in [5, 5.41) is 0. The molecule has 0 saturated carbocycles. The van der Waals surface area contributed by atoms with Crippen molar-refractivity contribution < 1.29 is 19.1 Å². The van der Waals surface area contributed by atoms with Crippen LogP contribution in [0.1, 0.15) is 24.2 Å². The van der Waals surface area contributed by atoms with Crippen molar-refractivity contribution in [1.82, 2.24) is 0 Å². The first-order valence-corrected chi connectivity index (χ1v) is 5.51. The number of carbonyl (C=O) groups excluding carboxylic acids is 3. The molecule has 0 saturated heterocycles. The maximum absolute atomic E-state index is 12.2. The Bertz CT molecular complexity index is 469. The number of ketones is 2. The van der Waals surface area contributed by atoms with Crippen molar-refractivity contribution in [2.75, 3.05) is 6.61 Å². The van der Waals surface area contributed by atoms with E-state index in [4.69, 9.17) is 10.5 Å². The molecule has 0 aliphatic rings. The highest BCUT2D eigenvalue weighted by Gasteiger charge is 2.48. The smallest absolute Gasteiger partial charge is 0.342 e. The molecule has 0 radical (unpaired) electrons. The summed E-state index contributed by atoms with van der Waals surface area (Å²) < 4.78 is 4.71. The predicted molar refractivity (Wildman–Crippen MR) is 65.0 cm³/mol. The summed E-state index contributed by atoms with van der Waals surface area (Å²) in [6, 6.07) is 7.95. The van der Waals surface area contributed by atoms with E-state index in [1.165, 1.54) is 12.1 Å². The number of hydrogen-bond acceptors (Lipinski definition) is 5. The van der Waals surface area contributed by atoms with E-state index in [0.29, 0.717) is 0 Å². The topological polar surface area (TPSA) is 86.5 Å². The van der Waals surface area contributed by atoms with Crippen molar-refractivity contribution in [3.05, 3.63) is 35.9 Å². The molecule has 0 bridgehead atoms. The van der Waals surface area contributed by atoms with Crippen LogP contribution in [0, 0.1) is 0 Å². The van der Waals surface area contributed by atoms with Gasteiger partial charge in [-0.2, -0.15) is 0 Å². The molecule has 1 atom stereocenters. The molecule has 1 aromatic carbocycles. The minimum atomic E-state index is -2.27. The van der Waals surface area contributed by atoms with Gasteiger partial charge < -0.3 is 10.5 Å². The van der Waals surface area contributed by atoms with E-state index in [0.717, 1.165) is 6.92 Å². The molecule has 0 aliphatic heterocycles.